The molecule has 1 aromatic carbocycles. The lowest BCUT2D eigenvalue weighted by Crippen LogP contribution is -2.38. The summed E-state index contributed by atoms with van der Waals surface area (Å²) in [6, 6.07) is 4.81. The van der Waals surface area contributed by atoms with Crippen LogP contribution in [0.5, 0.6) is 0 Å². The third-order valence-corrected chi connectivity index (χ3v) is 4.96. The van der Waals surface area contributed by atoms with Crippen molar-refractivity contribution in [3.8, 4) is 0 Å². The highest BCUT2D eigenvalue weighted by Gasteiger charge is 2.27. The first-order chi connectivity index (χ1) is 12.2. The van der Waals surface area contributed by atoms with Crippen molar-refractivity contribution in [1.29, 1.82) is 0 Å². The molecule has 0 aliphatic carbocycles. The van der Waals surface area contributed by atoms with Crippen LogP contribution in [0.15, 0.2) is 29.0 Å². The Morgan fingerprint density at radius 3 is 3.00 bits per heavy atom. The first-order valence-corrected chi connectivity index (χ1v) is 8.48. The highest BCUT2D eigenvalue weighted by atomic mass is 16.8. The van der Waals surface area contributed by atoms with Crippen LogP contribution in [0.25, 0.3) is 11.0 Å². The van der Waals surface area contributed by atoms with E-state index >= 15 is 0 Å². The molecule has 1 aliphatic heterocycles. The Balaban J connectivity index is 1.47. The molecule has 1 saturated heterocycles. The van der Waals surface area contributed by atoms with Gasteiger partial charge in [0.05, 0.1) is 6.20 Å². The number of carbonyl (C=O) groups is 1. The molecule has 3 aromatic rings. The van der Waals surface area contributed by atoms with Crippen molar-refractivity contribution in [3.05, 3.63) is 46.4 Å². The standard InChI is InChI=1S/C17H19N5O3/c1-2-11-10-18-19-16(11)12-5-7-21(8-6-12)17(23)13-3-4-15-14(9-13)20-25-22(15)24/h3-4,9-10,12H,2,5-8H2,1H3,(H,18,19). The van der Waals surface area contributed by atoms with Crippen LogP contribution in [0.4, 0.5) is 0 Å². The van der Waals surface area contributed by atoms with Gasteiger partial charge < -0.3 is 10.1 Å². The lowest BCUT2D eigenvalue weighted by molar-refractivity contribution is -0.782. The van der Waals surface area contributed by atoms with Crippen molar-refractivity contribution in [1.82, 2.24) is 20.3 Å². The van der Waals surface area contributed by atoms with Crippen LogP contribution in [0.2, 0.25) is 0 Å². The smallest absolute Gasteiger partial charge is 0.254 e. The molecular formula is C17H19N5O3. The third kappa shape index (κ3) is 2.73. The largest absolute Gasteiger partial charge is 0.359 e. The van der Waals surface area contributed by atoms with Gasteiger partial charge in [-0.3, -0.25) is 14.5 Å². The first kappa shape index (κ1) is 15.6. The summed E-state index contributed by atoms with van der Waals surface area (Å²) in [4.78, 5) is 14.9. The Morgan fingerprint density at radius 2 is 2.24 bits per heavy atom. The van der Waals surface area contributed by atoms with Gasteiger partial charge in [0.1, 0.15) is 0 Å². The second kappa shape index (κ2) is 6.19. The van der Waals surface area contributed by atoms with Gasteiger partial charge in [0, 0.05) is 41.5 Å². The van der Waals surface area contributed by atoms with Crippen molar-refractivity contribution < 1.29 is 14.3 Å². The number of hydrogen-bond donors (Lipinski definition) is 1. The summed E-state index contributed by atoms with van der Waals surface area (Å²) in [7, 11) is 0. The summed E-state index contributed by atoms with van der Waals surface area (Å²) < 4.78 is 4.55. The van der Waals surface area contributed by atoms with E-state index in [1.165, 1.54) is 11.3 Å². The van der Waals surface area contributed by atoms with Crippen molar-refractivity contribution in [2.45, 2.75) is 32.1 Å². The maximum atomic E-state index is 12.7. The van der Waals surface area contributed by atoms with E-state index in [2.05, 4.69) is 26.9 Å². The van der Waals surface area contributed by atoms with Crippen molar-refractivity contribution in [2.75, 3.05) is 13.1 Å². The zero-order valence-corrected chi connectivity index (χ0v) is 13.9. The molecule has 3 heterocycles. The van der Waals surface area contributed by atoms with E-state index in [0.29, 0.717) is 40.5 Å². The fraction of sp³-hybridized carbons (Fsp3) is 0.412. The normalized spacial score (nSPS) is 15.8. The summed E-state index contributed by atoms with van der Waals surface area (Å²) in [5.74, 6) is 0.375. The minimum absolute atomic E-state index is 0.0406. The Morgan fingerprint density at radius 1 is 1.44 bits per heavy atom. The van der Waals surface area contributed by atoms with E-state index in [1.54, 1.807) is 18.2 Å². The summed E-state index contributed by atoms with van der Waals surface area (Å²) >= 11 is 0. The average molecular weight is 341 g/mol. The molecule has 1 amide bonds. The SMILES string of the molecule is CCc1cn[nH]c1C1CCN(C(=O)c2ccc3c(c2)no[n+]3[O-])CC1. The molecule has 0 radical (unpaired) electrons. The van der Waals surface area contributed by atoms with Gasteiger partial charge in [-0.25, -0.2) is 0 Å². The van der Waals surface area contributed by atoms with Crippen LogP contribution in [0.1, 0.15) is 47.3 Å². The van der Waals surface area contributed by atoms with E-state index in [1.807, 2.05) is 11.1 Å². The molecule has 130 valence electrons. The average Bonchev–Trinajstić information content (AvgIpc) is 3.28. The number of likely N-dealkylation sites (tertiary alicyclic amines) is 1. The fourth-order valence-electron chi connectivity index (χ4n) is 3.52. The van der Waals surface area contributed by atoms with E-state index in [0.717, 1.165) is 19.3 Å². The first-order valence-electron chi connectivity index (χ1n) is 8.48. The molecule has 8 heteroatoms. The molecule has 0 atom stereocenters. The number of carbonyl (C=O) groups excluding carboxylic acids is 1. The van der Waals surface area contributed by atoms with Crippen LogP contribution in [0, 0.1) is 5.21 Å². The predicted octanol–water partition coefficient (Wildman–Crippen LogP) is 1.77. The molecule has 2 aromatic heterocycles. The lowest BCUT2D eigenvalue weighted by Gasteiger charge is -2.32. The summed E-state index contributed by atoms with van der Waals surface area (Å²) in [5.41, 5.74) is 3.70. The van der Waals surface area contributed by atoms with Crippen LogP contribution in [-0.4, -0.2) is 39.3 Å². The second-order valence-corrected chi connectivity index (χ2v) is 6.36. The molecule has 0 unspecified atom stereocenters. The molecule has 0 spiro atoms. The molecule has 1 aliphatic rings. The number of piperidine rings is 1. The van der Waals surface area contributed by atoms with Crippen molar-refractivity contribution in [2.24, 2.45) is 0 Å². The van der Waals surface area contributed by atoms with Crippen LogP contribution in [-0.2, 0) is 6.42 Å². The minimum atomic E-state index is -0.0406. The number of aromatic amines is 1. The van der Waals surface area contributed by atoms with Gasteiger partial charge in [-0.1, -0.05) is 6.92 Å². The van der Waals surface area contributed by atoms with Crippen LogP contribution >= 0.6 is 0 Å². The number of aromatic nitrogens is 4. The third-order valence-electron chi connectivity index (χ3n) is 4.96. The van der Waals surface area contributed by atoms with E-state index in [9.17, 15) is 10.0 Å². The fourth-order valence-corrected chi connectivity index (χ4v) is 3.52. The zero-order chi connectivity index (χ0) is 17.4. The number of aryl methyl sites for hydroxylation is 1. The van der Waals surface area contributed by atoms with Gasteiger partial charge in [-0.2, -0.15) is 5.10 Å². The van der Waals surface area contributed by atoms with Gasteiger partial charge in [-0.15, -0.1) is 0 Å². The number of benzene rings is 1. The number of amides is 1. The van der Waals surface area contributed by atoms with Gasteiger partial charge in [-0.05, 0) is 41.9 Å². The van der Waals surface area contributed by atoms with Gasteiger partial charge in [0.2, 0.25) is 11.0 Å². The number of nitrogens with one attached hydrogen (secondary N) is 1. The highest BCUT2D eigenvalue weighted by molar-refractivity contribution is 5.96. The Labute approximate surface area is 143 Å². The number of hydrogen-bond acceptors (Lipinski definition) is 5. The molecule has 0 saturated carbocycles. The molecule has 0 bridgehead atoms. The Hall–Kier alpha value is -2.90. The van der Waals surface area contributed by atoms with Gasteiger partial charge in [0.15, 0.2) is 0 Å². The topological polar surface area (TPSA) is 102 Å². The van der Waals surface area contributed by atoms with Crippen molar-refractivity contribution >= 4 is 16.9 Å². The summed E-state index contributed by atoms with van der Waals surface area (Å²) in [6.45, 7) is 3.52. The predicted molar refractivity (Wildman–Crippen MR) is 88.8 cm³/mol. The molecule has 4 rings (SSSR count). The number of fused-ring (bicyclic) bond motifs is 1. The highest BCUT2D eigenvalue weighted by Crippen LogP contribution is 2.29. The Kier molecular flexibility index (Phi) is 3.87. The maximum Gasteiger partial charge on any atom is 0.254 e. The van der Waals surface area contributed by atoms with Gasteiger partial charge >= 0.3 is 0 Å². The van der Waals surface area contributed by atoms with Gasteiger partial charge in [0.25, 0.3) is 5.91 Å². The molecule has 25 heavy (non-hydrogen) atoms. The van der Waals surface area contributed by atoms with Crippen LogP contribution in [0.3, 0.4) is 0 Å². The zero-order valence-electron chi connectivity index (χ0n) is 13.9. The minimum Gasteiger partial charge on any atom is -0.359 e. The molecule has 1 fully saturated rings. The van der Waals surface area contributed by atoms with Crippen LogP contribution < -0.4 is 4.90 Å². The monoisotopic (exact) mass is 341 g/mol. The quantitative estimate of drug-likeness (QED) is 0.732. The summed E-state index contributed by atoms with van der Waals surface area (Å²) in [5, 5.41) is 22.3. The molecule has 1 N–H and O–H groups in total. The van der Waals surface area contributed by atoms with Crippen molar-refractivity contribution in [3.63, 3.8) is 0 Å². The number of nitrogens with zero attached hydrogens (tertiary/aromatic N) is 4. The van der Waals surface area contributed by atoms with E-state index in [4.69, 9.17) is 0 Å². The molecule has 8 nitrogen and oxygen atoms in total. The maximum absolute atomic E-state index is 12.7. The number of H-pyrrole nitrogens is 1. The van der Waals surface area contributed by atoms with E-state index < -0.39 is 0 Å². The Bertz CT molecular complexity index is 908. The number of rotatable bonds is 3. The second-order valence-electron chi connectivity index (χ2n) is 6.36. The summed E-state index contributed by atoms with van der Waals surface area (Å²) in [6.07, 6.45) is 4.67. The van der Waals surface area contributed by atoms with E-state index in [-0.39, 0.29) is 5.91 Å². The lowest BCUT2D eigenvalue weighted by atomic mass is 9.90. The molecular weight excluding hydrogens is 322 g/mol.